The van der Waals surface area contributed by atoms with Gasteiger partial charge in [0.05, 0.1) is 5.02 Å². The summed E-state index contributed by atoms with van der Waals surface area (Å²) in [5, 5.41) is 3.24. The summed E-state index contributed by atoms with van der Waals surface area (Å²) < 4.78 is 5.72. The summed E-state index contributed by atoms with van der Waals surface area (Å²) in [7, 11) is 0. The van der Waals surface area contributed by atoms with Crippen LogP contribution in [0.25, 0.3) is 0 Å². The molecule has 0 unspecified atom stereocenters. The fraction of sp³-hybridized carbons (Fsp3) is 0.333. The Morgan fingerprint density at radius 1 is 1.25 bits per heavy atom. The van der Waals surface area contributed by atoms with Gasteiger partial charge in [0.15, 0.2) is 0 Å². The van der Waals surface area contributed by atoms with Crippen LogP contribution >= 0.6 is 11.6 Å². The number of nitrogens with zero attached hydrogens (tertiary/aromatic N) is 2. The first-order valence-electron chi connectivity index (χ1n) is 8.01. The second-order valence-electron chi connectivity index (χ2n) is 5.19. The van der Waals surface area contributed by atoms with Crippen molar-refractivity contribution < 1.29 is 9.53 Å². The average Bonchev–Trinajstić information content (AvgIpc) is 2.61. The van der Waals surface area contributed by atoms with Gasteiger partial charge in [0.1, 0.15) is 18.1 Å². The molecule has 128 valence electrons. The molecule has 5 nitrogen and oxygen atoms in total. The Balaban J connectivity index is 1.93. The van der Waals surface area contributed by atoms with Gasteiger partial charge in [-0.25, -0.2) is 0 Å². The van der Waals surface area contributed by atoms with Crippen LogP contribution in [0.4, 0.5) is 5.69 Å². The van der Waals surface area contributed by atoms with Crippen LogP contribution in [0, 0.1) is 0 Å². The van der Waals surface area contributed by atoms with E-state index in [0.717, 1.165) is 19.6 Å². The summed E-state index contributed by atoms with van der Waals surface area (Å²) in [5.74, 6) is 0.335. The fourth-order valence-electron chi connectivity index (χ4n) is 2.21. The highest BCUT2D eigenvalue weighted by Gasteiger charge is 2.09. The molecule has 0 spiro atoms. The Morgan fingerprint density at radius 3 is 2.67 bits per heavy atom. The van der Waals surface area contributed by atoms with Crippen molar-refractivity contribution in [2.24, 2.45) is 0 Å². The Bertz CT molecular complexity index is 661. The molecule has 0 bridgehead atoms. The van der Waals surface area contributed by atoms with Gasteiger partial charge in [0.2, 0.25) is 0 Å². The minimum absolute atomic E-state index is 0.276. The first-order valence-corrected chi connectivity index (χ1v) is 8.39. The predicted octanol–water partition coefficient (Wildman–Crippen LogP) is 3.71. The lowest BCUT2D eigenvalue weighted by atomic mass is 10.2. The number of pyridine rings is 1. The van der Waals surface area contributed by atoms with Crippen molar-refractivity contribution in [3.8, 4) is 5.75 Å². The van der Waals surface area contributed by atoms with Crippen molar-refractivity contribution in [3.63, 3.8) is 0 Å². The zero-order valence-electron chi connectivity index (χ0n) is 14.0. The average molecular weight is 348 g/mol. The van der Waals surface area contributed by atoms with Crippen LogP contribution in [0.5, 0.6) is 5.75 Å². The second-order valence-corrected chi connectivity index (χ2v) is 5.60. The Morgan fingerprint density at radius 2 is 2.04 bits per heavy atom. The number of amides is 1. The van der Waals surface area contributed by atoms with E-state index >= 15 is 0 Å². The number of hydrogen-bond acceptors (Lipinski definition) is 4. The lowest BCUT2D eigenvalue weighted by Gasteiger charge is -2.18. The van der Waals surface area contributed by atoms with E-state index in [1.807, 2.05) is 0 Å². The molecule has 1 heterocycles. The SMILES string of the molecule is CCN(CC)CCOc1ccc(NC(=O)c2ccccn2)cc1Cl. The smallest absolute Gasteiger partial charge is 0.274 e. The molecule has 1 amide bonds. The molecule has 0 aliphatic heterocycles. The molecule has 2 aromatic rings. The molecular formula is C18H22ClN3O2. The number of halogens is 1. The normalized spacial score (nSPS) is 10.7. The van der Waals surface area contributed by atoms with E-state index in [-0.39, 0.29) is 5.91 Å². The van der Waals surface area contributed by atoms with Crippen molar-refractivity contribution >= 4 is 23.2 Å². The van der Waals surface area contributed by atoms with Crippen LogP contribution in [0.2, 0.25) is 5.02 Å². The third kappa shape index (κ3) is 5.22. The number of ether oxygens (including phenoxy) is 1. The highest BCUT2D eigenvalue weighted by atomic mass is 35.5. The molecule has 1 N–H and O–H groups in total. The molecule has 1 aromatic carbocycles. The maximum Gasteiger partial charge on any atom is 0.274 e. The van der Waals surface area contributed by atoms with Crippen LogP contribution in [0.1, 0.15) is 24.3 Å². The minimum Gasteiger partial charge on any atom is -0.491 e. The number of nitrogens with one attached hydrogen (secondary N) is 1. The van der Waals surface area contributed by atoms with Gasteiger partial charge < -0.3 is 15.0 Å². The van der Waals surface area contributed by atoms with E-state index in [9.17, 15) is 4.79 Å². The summed E-state index contributed by atoms with van der Waals surface area (Å²) in [6.45, 7) is 7.64. The van der Waals surface area contributed by atoms with Crippen molar-refractivity contribution in [2.45, 2.75) is 13.8 Å². The second kappa shape index (κ2) is 9.25. The Kier molecular flexibility index (Phi) is 7.03. The molecule has 0 fully saturated rings. The van der Waals surface area contributed by atoms with E-state index in [4.69, 9.17) is 16.3 Å². The van der Waals surface area contributed by atoms with Gasteiger partial charge in [-0.1, -0.05) is 31.5 Å². The zero-order valence-corrected chi connectivity index (χ0v) is 14.7. The third-order valence-electron chi connectivity index (χ3n) is 3.65. The van der Waals surface area contributed by atoms with Crippen LogP contribution in [-0.4, -0.2) is 42.0 Å². The van der Waals surface area contributed by atoms with Crippen molar-refractivity contribution in [2.75, 3.05) is 31.6 Å². The summed E-state index contributed by atoms with van der Waals surface area (Å²) in [4.78, 5) is 18.4. The highest BCUT2D eigenvalue weighted by molar-refractivity contribution is 6.32. The standard InChI is InChI=1S/C18H22ClN3O2/c1-3-22(4-2)11-12-24-17-9-8-14(13-15(17)19)21-18(23)16-7-5-6-10-20-16/h5-10,13H,3-4,11-12H2,1-2H3,(H,21,23). The number of anilines is 1. The number of likely N-dealkylation sites (N-methyl/N-ethyl adjacent to an activating group) is 1. The number of rotatable bonds is 8. The maximum absolute atomic E-state index is 12.1. The quantitative estimate of drug-likeness (QED) is 0.791. The third-order valence-corrected chi connectivity index (χ3v) is 3.94. The lowest BCUT2D eigenvalue weighted by Crippen LogP contribution is -2.27. The molecule has 0 aliphatic rings. The van der Waals surface area contributed by atoms with E-state index in [0.29, 0.717) is 28.8 Å². The monoisotopic (exact) mass is 347 g/mol. The molecule has 0 saturated heterocycles. The maximum atomic E-state index is 12.1. The molecule has 2 rings (SSSR count). The van der Waals surface area contributed by atoms with Gasteiger partial charge >= 0.3 is 0 Å². The number of carbonyl (C=O) groups excluding carboxylic acids is 1. The Labute approximate surface area is 147 Å². The summed E-state index contributed by atoms with van der Waals surface area (Å²) >= 11 is 6.24. The van der Waals surface area contributed by atoms with Crippen molar-refractivity contribution in [3.05, 3.63) is 53.3 Å². The van der Waals surface area contributed by atoms with Gasteiger partial charge in [-0.2, -0.15) is 0 Å². The molecule has 0 atom stereocenters. The number of benzene rings is 1. The topological polar surface area (TPSA) is 54.5 Å². The van der Waals surface area contributed by atoms with Crippen molar-refractivity contribution in [1.82, 2.24) is 9.88 Å². The van der Waals surface area contributed by atoms with Crippen molar-refractivity contribution in [1.29, 1.82) is 0 Å². The highest BCUT2D eigenvalue weighted by Crippen LogP contribution is 2.27. The molecule has 0 radical (unpaired) electrons. The number of aromatic nitrogens is 1. The largest absolute Gasteiger partial charge is 0.491 e. The van der Waals surface area contributed by atoms with E-state index in [1.54, 1.807) is 42.6 Å². The van der Waals surface area contributed by atoms with Gasteiger partial charge in [0.25, 0.3) is 5.91 Å². The number of carbonyl (C=O) groups is 1. The predicted molar refractivity (Wildman–Crippen MR) is 96.9 cm³/mol. The minimum atomic E-state index is -0.276. The molecule has 6 heteroatoms. The van der Waals surface area contributed by atoms with Crippen LogP contribution in [0.3, 0.4) is 0 Å². The molecule has 0 saturated carbocycles. The zero-order chi connectivity index (χ0) is 17.4. The molecule has 24 heavy (non-hydrogen) atoms. The van der Waals surface area contributed by atoms with Crippen LogP contribution < -0.4 is 10.1 Å². The molecule has 0 aliphatic carbocycles. The first-order chi connectivity index (χ1) is 11.6. The number of hydrogen-bond donors (Lipinski definition) is 1. The van der Waals surface area contributed by atoms with E-state index in [1.165, 1.54) is 0 Å². The summed E-state index contributed by atoms with van der Waals surface area (Å²) in [6.07, 6.45) is 1.58. The lowest BCUT2D eigenvalue weighted by molar-refractivity contribution is 0.102. The fourth-order valence-corrected chi connectivity index (χ4v) is 2.45. The van der Waals surface area contributed by atoms with E-state index in [2.05, 4.69) is 29.0 Å². The van der Waals surface area contributed by atoms with Gasteiger partial charge in [0, 0.05) is 18.4 Å². The summed E-state index contributed by atoms with van der Waals surface area (Å²) in [6, 6.07) is 10.4. The van der Waals surface area contributed by atoms with E-state index < -0.39 is 0 Å². The van der Waals surface area contributed by atoms with Gasteiger partial charge in [-0.05, 0) is 43.4 Å². The van der Waals surface area contributed by atoms with Gasteiger partial charge in [-0.3, -0.25) is 9.78 Å². The summed E-state index contributed by atoms with van der Waals surface area (Å²) in [5.41, 5.74) is 0.958. The first kappa shape index (κ1) is 18.2. The Hall–Kier alpha value is -2.11. The van der Waals surface area contributed by atoms with Gasteiger partial charge in [-0.15, -0.1) is 0 Å². The van der Waals surface area contributed by atoms with Crippen LogP contribution in [0.15, 0.2) is 42.6 Å². The molecular weight excluding hydrogens is 326 g/mol. The molecule has 1 aromatic heterocycles. The van der Waals surface area contributed by atoms with Crippen LogP contribution in [-0.2, 0) is 0 Å².